The molecule has 0 heterocycles. The van der Waals surface area contributed by atoms with Crippen molar-refractivity contribution in [3.63, 3.8) is 0 Å². The predicted octanol–water partition coefficient (Wildman–Crippen LogP) is 1.55. The number of halogens is 1. The molecule has 0 aromatic heterocycles. The summed E-state index contributed by atoms with van der Waals surface area (Å²) in [4.78, 5) is 22.0. The van der Waals surface area contributed by atoms with Crippen molar-refractivity contribution < 1.29 is 14.7 Å². The van der Waals surface area contributed by atoms with Crippen LogP contribution in [0.5, 0.6) is 0 Å². The maximum absolute atomic E-state index is 11.2. The van der Waals surface area contributed by atoms with E-state index >= 15 is 0 Å². The lowest BCUT2D eigenvalue weighted by molar-refractivity contribution is -0.142. The molecule has 0 bridgehead atoms. The van der Waals surface area contributed by atoms with Gasteiger partial charge in [-0.2, -0.15) is 0 Å². The molecule has 3 N–H and O–H groups in total. The Morgan fingerprint density at radius 2 is 1.94 bits per heavy atom. The summed E-state index contributed by atoms with van der Waals surface area (Å²) < 4.78 is 0.654. The van der Waals surface area contributed by atoms with Crippen molar-refractivity contribution in [2.24, 2.45) is 11.8 Å². The first-order valence-corrected chi connectivity index (χ1v) is 5.71. The fraction of sp³-hybridized carbons (Fsp3) is 0.600. The van der Waals surface area contributed by atoms with E-state index in [1.807, 2.05) is 0 Å². The molecule has 0 radical (unpaired) electrons. The monoisotopic (exact) mass is 292 g/mol. The standard InChI is InChI=1S/C10H17BrN2O3/c1-6(2)8(9(14)15)5-13-10(16)12-4-7(3)11/h6,8H,3-5H2,1-2H3,(H,14,15)(H2,12,13,16). The lowest BCUT2D eigenvalue weighted by Crippen LogP contribution is -2.41. The third-order valence-electron chi connectivity index (χ3n) is 2.05. The number of rotatable bonds is 6. The van der Waals surface area contributed by atoms with Gasteiger partial charge in [0, 0.05) is 11.0 Å². The number of aliphatic carboxylic acids is 1. The second-order valence-corrected chi connectivity index (χ2v) is 4.89. The van der Waals surface area contributed by atoms with Gasteiger partial charge in [0.25, 0.3) is 0 Å². The van der Waals surface area contributed by atoms with Gasteiger partial charge in [-0.05, 0) is 5.92 Å². The molecular formula is C10H17BrN2O3. The van der Waals surface area contributed by atoms with Gasteiger partial charge < -0.3 is 15.7 Å². The van der Waals surface area contributed by atoms with E-state index in [9.17, 15) is 9.59 Å². The Bertz CT molecular complexity index is 279. The van der Waals surface area contributed by atoms with Crippen LogP contribution in [0.1, 0.15) is 13.8 Å². The number of carbonyl (C=O) groups excluding carboxylic acids is 1. The highest BCUT2D eigenvalue weighted by atomic mass is 79.9. The summed E-state index contributed by atoms with van der Waals surface area (Å²) >= 11 is 3.10. The number of hydrogen-bond acceptors (Lipinski definition) is 2. The second-order valence-electron chi connectivity index (χ2n) is 3.77. The molecule has 92 valence electrons. The summed E-state index contributed by atoms with van der Waals surface area (Å²) in [6.07, 6.45) is 0. The molecule has 16 heavy (non-hydrogen) atoms. The number of carboxylic acid groups (broad SMARTS) is 1. The van der Waals surface area contributed by atoms with Crippen LogP contribution in [-0.2, 0) is 4.79 Å². The molecule has 0 aliphatic rings. The van der Waals surface area contributed by atoms with Gasteiger partial charge in [-0.1, -0.05) is 36.4 Å². The Hall–Kier alpha value is -1.04. The van der Waals surface area contributed by atoms with Gasteiger partial charge in [-0.15, -0.1) is 0 Å². The molecule has 2 amide bonds. The van der Waals surface area contributed by atoms with E-state index in [1.54, 1.807) is 13.8 Å². The van der Waals surface area contributed by atoms with Crippen LogP contribution >= 0.6 is 15.9 Å². The first kappa shape index (κ1) is 15.0. The fourth-order valence-corrected chi connectivity index (χ4v) is 1.19. The number of carboxylic acids is 1. The zero-order valence-corrected chi connectivity index (χ0v) is 11.0. The van der Waals surface area contributed by atoms with Crippen LogP contribution in [0.15, 0.2) is 11.1 Å². The van der Waals surface area contributed by atoms with Crippen molar-refractivity contribution in [3.05, 3.63) is 11.1 Å². The van der Waals surface area contributed by atoms with Crippen molar-refractivity contribution in [2.45, 2.75) is 13.8 Å². The zero-order chi connectivity index (χ0) is 12.7. The molecule has 6 heteroatoms. The first-order chi connectivity index (χ1) is 7.34. The van der Waals surface area contributed by atoms with Crippen molar-refractivity contribution >= 4 is 27.9 Å². The quantitative estimate of drug-likeness (QED) is 0.695. The summed E-state index contributed by atoms with van der Waals surface area (Å²) in [7, 11) is 0. The number of carbonyl (C=O) groups is 2. The molecule has 0 aliphatic heterocycles. The van der Waals surface area contributed by atoms with E-state index in [4.69, 9.17) is 5.11 Å². The van der Waals surface area contributed by atoms with Crippen molar-refractivity contribution in [1.29, 1.82) is 0 Å². The smallest absolute Gasteiger partial charge is 0.315 e. The molecule has 0 fully saturated rings. The van der Waals surface area contributed by atoms with Gasteiger partial charge >= 0.3 is 12.0 Å². The van der Waals surface area contributed by atoms with Gasteiger partial charge in [0.1, 0.15) is 0 Å². The molecule has 0 saturated heterocycles. The summed E-state index contributed by atoms with van der Waals surface area (Å²) in [5, 5.41) is 13.9. The van der Waals surface area contributed by atoms with E-state index in [-0.39, 0.29) is 12.5 Å². The number of urea groups is 1. The van der Waals surface area contributed by atoms with E-state index in [0.717, 1.165) is 0 Å². The van der Waals surface area contributed by atoms with Crippen molar-refractivity contribution in [1.82, 2.24) is 10.6 Å². The van der Waals surface area contributed by atoms with E-state index in [2.05, 4.69) is 33.1 Å². The highest BCUT2D eigenvalue weighted by molar-refractivity contribution is 9.11. The lowest BCUT2D eigenvalue weighted by Gasteiger charge is -2.16. The normalized spacial score (nSPS) is 12.0. The number of nitrogens with one attached hydrogen (secondary N) is 2. The van der Waals surface area contributed by atoms with Crippen LogP contribution in [-0.4, -0.2) is 30.2 Å². The maximum Gasteiger partial charge on any atom is 0.315 e. The zero-order valence-electron chi connectivity index (χ0n) is 9.42. The molecular weight excluding hydrogens is 276 g/mol. The van der Waals surface area contributed by atoms with Gasteiger partial charge in [-0.25, -0.2) is 4.79 Å². The minimum absolute atomic E-state index is 0.0241. The van der Waals surface area contributed by atoms with E-state index in [0.29, 0.717) is 11.0 Å². The Kier molecular flexibility index (Phi) is 6.80. The lowest BCUT2D eigenvalue weighted by atomic mass is 9.96. The fourth-order valence-electron chi connectivity index (χ4n) is 1.05. The molecule has 0 aromatic rings. The highest BCUT2D eigenvalue weighted by Crippen LogP contribution is 2.09. The predicted molar refractivity (Wildman–Crippen MR) is 65.4 cm³/mol. The summed E-state index contributed by atoms with van der Waals surface area (Å²) in [6, 6.07) is -0.396. The average molecular weight is 293 g/mol. The van der Waals surface area contributed by atoms with Crippen molar-refractivity contribution in [2.75, 3.05) is 13.1 Å². The molecule has 5 nitrogen and oxygen atoms in total. The highest BCUT2D eigenvalue weighted by Gasteiger charge is 2.21. The topological polar surface area (TPSA) is 78.4 Å². The Morgan fingerprint density at radius 1 is 1.38 bits per heavy atom. The van der Waals surface area contributed by atoms with Gasteiger partial charge in [-0.3, -0.25) is 4.79 Å². The van der Waals surface area contributed by atoms with Crippen LogP contribution in [0.3, 0.4) is 0 Å². The third kappa shape index (κ3) is 6.44. The molecule has 1 unspecified atom stereocenters. The van der Waals surface area contributed by atoms with Crippen LogP contribution < -0.4 is 10.6 Å². The summed E-state index contributed by atoms with van der Waals surface area (Å²) in [6.45, 7) is 7.60. The number of hydrogen-bond donors (Lipinski definition) is 3. The molecule has 0 rings (SSSR count). The van der Waals surface area contributed by atoms with Crippen LogP contribution in [0, 0.1) is 11.8 Å². The second kappa shape index (κ2) is 7.27. The molecule has 0 aromatic carbocycles. The SMILES string of the molecule is C=C(Br)CNC(=O)NCC(C(=O)O)C(C)C. The molecule has 0 saturated carbocycles. The first-order valence-electron chi connectivity index (χ1n) is 4.92. The molecule has 0 spiro atoms. The van der Waals surface area contributed by atoms with Gasteiger partial charge in [0.15, 0.2) is 0 Å². The third-order valence-corrected chi connectivity index (χ3v) is 2.33. The van der Waals surface area contributed by atoms with Crippen LogP contribution in [0.2, 0.25) is 0 Å². The van der Waals surface area contributed by atoms with Gasteiger partial charge in [0.05, 0.1) is 12.5 Å². The summed E-state index contributed by atoms with van der Waals surface area (Å²) in [5.74, 6) is -1.50. The molecule has 1 atom stereocenters. The van der Waals surface area contributed by atoms with Gasteiger partial charge in [0.2, 0.25) is 0 Å². The van der Waals surface area contributed by atoms with Crippen LogP contribution in [0.4, 0.5) is 4.79 Å². The minimum Gasteiger partial charge on any atom is -0.481 e. The summed E-state index contributed by atoms with van der Waals surface area (Å²) in [5.41, 5.74) is 0. The van der Waals surface area contributed by atoms with Crippen molar-refractivity contribution in [3.8, 4) is 0 Å². The number of amides is 2. The van der Waals surface area contributed by atoms with E-state index in [1.165, 1.54) is 0 Å². The van der Waals surface area contributed by atoms with E-state index < -0.39 is 17.9 Å². The Balaban J connectivity index is 3.97. The van der Waals surface area contributed by atoms with Crippen LogP contribution in [0.25, 0.3) is 0 Å². The maximum atomic E-state index is 11.2. The molecule has 0 aliphatic carbocycles. The largest absolute Gasteiger partial charge is 0.481 e. The Labute approximate surface area is 103 Å². The Morgan fingerprint density at radius 3 is 2.31 bits per heavy atom. The average Bonchev–Trinajstić information content (AvgIpc) is 2.13. The minimum atomic E-state index is -0.903.